The Balaban J connectivity index is 2.01. The van der Waals surface area contributed by atoms with Crippen molar-refractivity contribution in [2.45, 2.75) is 32.6 Å². The third-order valence-corrected chi connectivity index (χ3v) is 4.32. The lowest BCUT2D eigenvalue weighted by Crippen LogP contribution is -2.22. The zero-order valence-corrected chi connectivity index (χ0v) is 13.9. The van der Waals surface area contributed by atoms with E-state index in [0.717, 1.165) is 34.3 Å². The molecule has 1 aromatic carbocycles. The van der Waals surface area contributed by atoms with Crippen LogP contribution < -0.4 is 10.2 Å². The molecule has 1 fully saturated rings. The Hall–Kier alpha value is -1.11. The van der Waals surface area contributed by atoms with Gasteiger partial charge in [0.15, 0.2) is 0 Å². The third kappa shape index (κ3) is 3.94. The predicted octanol–water partition coefficient (Wildman–Crippen LogP) is 3.60. The van der Waals surface area contributed by atoms with Crippen molar-refractivity contribution in [3.63, 3.8) is 0 Å². The molecule has 4 nitrogen and oxygen atoms in total. The summed E-state index contributed by atoms with van der Waals surface area (Å²) in [5.41, 5.74) is 4.36. The van der Waals surface area contributed by atoms with Gasteiger partial charge in [-0.25, -0.2) is 5.43 Å². The number of nitrogens with zero attached hydrogens (tertiary/aromatic N) is 1. The van der Waals surface area contributed by atoms with Gasteiger partial charge in [0, 0.05) is 11.3 Å². The van der Waals surface area contributed by atoms with Crippen LogP contribution in [-0.2, 0) is 0 Å². The molecule has 0 unspecified atom stereocenters. The number of hydrazone groups is 1. The van der Waals surface area contributed by atoms with Crippen molar-refractivity contribution in [1.29, 1.82) is 0 Å². The number of ether oxygens (including phenoxy) is 1. The van der Waals surface area contributed by atoms with Crippen LogP contribution >= 0.6 is 22.6 Å². The smallest absolute Gasteiger partial charge is 0.271 e. The number of rotatable bonds is 3. The SMILES string of the molecule is COc1ccc(C(=O)N/N=C2/CCC[C@@H](C)C2)cc1I. The Bertz CT molecular complexity index is 529. The fourth-order valence-corrected chi connectivity index (χ4v) is 3.10. The molecule has 1 N–H and O–H groups in total. The van der Waals surface area contributed by atoms with E-state index in [1.807, 2.05) is 0 Å². The average Bonchev–Trinajstić information content (AvgIpc) is 2.44. The van der Waals surface area contributed by atoms with Crippen LogP contribution in [0.1, 0.15) is 43.0 Å². The highest BCUT2D eigenvalue weighted by molar-refractivity contribution is 14.1. The Kier molecular flexibility index (Phi) is 5.39. The first-order chi connectivity index (χ1) is 9.60. The van der Waals surface area contributed by atoms with Crippen molar-refractivity contribution in [2.24, 2.45) is 11.0 Å². The summed E-state index contributed by atoms with van der Waals surface area (Å²) in [7, 11) is 1.62. The van der Waals surface area contributed by atoms with Crippen molar-refractivity contribution in [3.8, 4) is 5.75 Å². The molecule has 20 heavy (non-hydrogen) atoms. The Morgan fingerprint density at radius 1 is 1.50 bits per heavy atom. The van der Waals surface area contributed by atoms with Crippen molar-refractivity contribution in [3.05, 3.63) is 27.3 Å². The summed E-state index contributed by atoms with van der Waals surface area (Å²) in [5, 5.41) is 4.27. The topological polar surface area (TPSA) is 50.7 Å². The second-order valence-electron chi connectivity index (χ2n) is 5.17. The van der Waals surface area contributed by atoms with Crippen LogP contribution in [0.15, 0.2) is 23.3 Å². The molecule has 1 saturated carbocycles. The molecule has 1 aromatic rings. The molecular formula is C15H19IN2O2. The molecule has 0 spiro atoms. The summed E-state index contributed by atoms with van der Waals surface area (Å²) >= 11 is 2.15. The van der Waals surface area contributed by atoms with Gasteiger partial charge in [-0.05, 0) is 72.4 Å². The van der Waals surface area contributed by atoms with Crippen molar-refractivity contribution in [1.82, 2.24) is 5.43 Å². The molecule has 108 valence electrons. The minimum atomic E-state index is -0.170. The number of nitrogens with one attached hydrogen (secondary N) is 1. The first-order valence-corrected chi connectivity index (χ1v) is 7.87. The van der Waals surface area contributed by atoms with E-state index in [2.05, 4.69) is 40.0 Å². The average molecular weight is 386 g/mol. The second-order valence-corrected chi connectivity index (χ2v) is 6.33. The summed E-state index contributed by atoms with van der Waals surface area (Å²) in [5.74, 6) is 1.27. The van der Waals surface area contributed by atoms with Crippen LogP contribution in [0.3, 0.4) is 0 Å². The molecule has 0 bridgehead atoms. The van der Waals surface area contributed by atoms with Gasteiger partial charge in [-0.1, -0.05) is 6.92 Å². The van der Waals surface area contributed by atoms with Crippen molar-refractivity contribution >= 4 is 34.2 Å². The van der Waals surface area contributed by atoms with E-state index in [4.69, 9.17) is 4.74 Å². The van der Waals surface area contributed by atoms with Gasteiger partial charge in [0.1, 0.15) is 5.75 Å². The number of hydrogen-bond donors (Lipinski definition) is 1. The Morgan fingerprint density at radius 2 is 2.30 bits per heavy atom. The molecule has 0 saturated heterocycles. The molecule has 1 aliphatic rings. The first kappa shape index (κ1) is 15.3. The van der Waals surface area contributed by atoms with Crippen molar-refractivity contribution < 1.29 is 9.53 Å². The fraction of sp³-hybridized carbons (Fsp3) is 0.467. The molecule has 1 amide bonds. The van der Waals surface area contributed by atoms with Crippen LogP contribution in [-0.4, -0.2) is 18.7 Å². The van der Waals surface area contributed by atoms with Gasteiger partial charge in [-0.2, -0.15) is 5.10 Å². The molecule has 2 rings (SSSR count). The molecule has 1 atom stereocenters. The predicted molar refractivity (Wildman–Crippen MR) is 88.2 cm³/mol. The molecule has 0 aliphatic heterocycles. The van der Waals surface area contributed by atoms with E-state index in [1.54, 1.807) is 25.3 Å². The number of carbonyl (C=O) groups excluding carboxylic acids is 1. The first-order valence-electron chi connectivity index (χ1n) is 6.79. The molecule has 5 heteroatoms. The lowest BCUT2D eigenvalue weighted by molar-refractivity contribution is 0.0954. The highest BCUT2D eigenvalue weighted by Gasteiger charge is 2.14. The van der Waals surface area contributed by atoms with E-state index in [1.165, 1.54) is 6.42 Å². The van der Waals surface area contributed by atoms with Crippen LogP contribution in [0, 0.1) is 9.49 Å². The van der Waals surface area contributed by atoms with Gasteiger partial charge < -0.3 is 4.74 Å². The zero-order chi connectivity index (χ0) is 14.5. The molecule has 1 aliphatic carbocycles. The number of methoxy groups -OCH3 is 1. The number of halogens is 1. The summed E-state index contributed by atoms with van der Waals surface area (Å²) < 4.78 is 6.09. The minimum absolute atomic E-state index is 0.170. The largest absolute Gasteiger partial charge is 0.496 e. The maximum atomic E-state index is 12.1. The Morgan fingerprint density at radius 3 is 2.95 bits per heavy atom. The highest BCUT2D eigenvalue weighted by atomic mass is 127. The number of amides is 1. The molecule has 0 radical (unpaired) electrons. The minimum Gasteiger partial charge on any atom is -0.496 e. The summed E-state index contributed by atoms with van der Waals surface area (Å²) in [6.07, 6.45) is 4.39. The maximum absolute atomic E-state index is 12.1. The third-order valence-electron chi connectivity index (χ3n) is 3.48. The van der Waals surface area contributed by atoms with Crippen molar-refractivity contribution in [2.75, 3.05) is 7.11 Å². The summed E-state index contributed by atoms with van der Waals surface area (Å²) in [6, 6.07) is 5.35. The van der Waals surface area contributed by atoms with E-state index < -0.39 is 0 Å². The Labute approximate surface area is 133 Å². The van der Waals surface area contributed by atoms with Gasteiger partial charge in [-0.3, -0.25) is 4.79 Å². The number of hydrogen-bond acceptors (Lipinski definition) is 3. The second kappa shape index (κ2) is 7.06. The number of benzene rings is 1. The summed E-state index contributed by atoms with van der Waals surface area (Å²) in [6.45, 7) is 2.22. The lowest BCUT2D eigenvalue weighted by Gasteiger charge is -2.18. The zero-order valence-electron chi connectivity index (χ0n) is 11.8. The van der Waals surface area contributed by atoms with Gasteiger partial charge in [0.2, 0.25) is 0 Å². The highest BCUT2D eigenvalue weighted by Crippen LogP contribution is 2.22. The van der Waals surface area contributed by atoms with Gasteiger partial charge in [0.05, 0.1) is 10.7 Å². The molecule has 0 aromatic heterocycles. The van der Waals surface area contributed by atoms with E-state index >= 15 is 0 Å². The number of carbonyl (C=O) groups is 1. The molecular weight excluding hydrogens is 367 g/mol. The van der Waals surface area contributed by atoms with E-state index in [-0.39, 0.29) is 5.91 Å². The summed E-state index contributed by atoms with van der Waals surface area (Å²) in [4.78, 5) is 12.1. The van der Waals surface area contributed by atoms with Crippen LogP contribution in [0.2, 0.25) is 0 Å². The van der Waals surface area contributed by atoms with E-state index in [0.29, 0.717) is 11.5 Å². The van der Waals surface area contributed by atoms with Crippen LogP contribution in [0.25, 0.3) is 0 Å². The molecule has 0 heterocycles. The lowest BCUT2D eigenvalue weighted by atomic mass is 9.89. The van der Waals surface area contributed by atoms with Gasteiger partial charge in [0.25, 0.3) is 5.91 Å². The quantitative estimate of drug-likeness (QED) is 0.638. The standard InChI is InChI=1S/C15H19IN2O2/c1-10-4-3-5-12(8-10)17-18-15(19)11-6-7-14(20-2)13(16)9-11/h6-7,9-10H,3-5,8H2,1-2H3,(H,18,19)/b17-12-/t10-/m1/s1. The monoisotopic (exact) mass is 386 g/mol. The van der Waals surface area contributed by atoms with Crippen LogP contribution in [0.5, 0.6) is 5.75 Å². The van der Waals surface area contributed by atoms with Gasteiger partial charge >= 0.3 is 0 Å². The fourth-order valence-electron chi connectivity index (χ4n) is 2.36. The normalized spacial score (nSPS) is 20.8. The maximum Gasteiger partial charge on any atom is 0.271 e. The van der Waals surface area contributed by atoms with Gasteiger partial charge in [-0.15, -0.1) is 0 Å². The van der Waals surface area contributed by atoms with Crippen LogP contribution in [0.4, 0.5) is 0 Å². The van der Waals surface area contributed by atoms with E-state index in [9.17, 15) is 4.79 Å².